The number of hydrogen-bond acceptors (Lipinski definition) is 2. The zero-order valence-corrected chi connectivity index (χ0v) is 16.4. The van der Waals surface area contributed by atoms with Crippen LogP contribution in [0.4, 0.5) is 11.4 Å². The molecule has 3 rings (SSSR count). The lowest BCUT2D eigenvalue weighted by Gasteiger charge is -2.18. The number of hydrogen-bond donors (Lipinski definition) is 1. The molecule has 1 saturated heterocycles. The summed E-state index contributed by atoms with van der Waals surface area (Å²) in [5.74, 6) is -0.691. The number of benzene rings is 2. The molecule has 124 valence electrons. The summed E-state index contributed by atoms with van der Waals surface area (Å²) in [7, 11) is 0. The van der Waals surface area contributed by atoms with Crippen molar-refractivity contribution < 1.29 is 9.59 Å². The van der Waals surface area contributed by atoms with Gasteiger partial charge in [0.25, 0.3) is 0 Å². The van der Waals surface area contributed by atoms with E-state index in [1.807, 2.05) is 24.3 Å². The minimum absolute atomic E-state index is 0.0990. The van der Waals surface area contributed by atoms with E-state index in [4.69, 9.17) is 11.6 Å². The lowest BCUT2D eigenvalue weighted by Crippen LogP contribution is -2.28. The van der Waals surface area contributed by atoms with Crippen LogP contribution in [0.3, 0.4) is 0 Å². The van der Waals surface area contributed by atoms with Crippen molar-refractivity contribution in [2.75, 3.05) is 16.8 Å². The molecule has 0 radical (unpaired) electrons. The summed E-state index contributed by atoms with van der Waals surface area (Å²) >= 11 is 12.9. The van der Waals surface area contributed by atoms with Crippen LogP contribution in [0, 0.1) is 5.92 Å². The SMILES string of the molecule is O=C(Nc1ccc(Br)cc1Br)[C@@H]1CC(=O)N(c2ccccc2Cl)C1. The fraction of sp³-hybridized carbons (Fsp3) is 0.176. The van der Waals surface area contributed by atoms with Crippen LogP contribution >= 0.6 is 43.5 Å². The van der Waals surface area contributed by atoms with Crippen LogP contribution in [0.1, 0.15) is 6.42 Å². The quantitative estimate of drug-likeness (QED) is 0.694. The minimum Gasteiger partial charge on any atom is -0.325 e. The molecule has 2 aromatic carbocycles. The summed E-state index contributed by atoms with van der Waals surface area (Å²) in [6, 6.07) is 12.6. The van der Waals surface area contributed by atoms with E-state index in [-0.39, 0.29) is 18.2 Å². The first kappa shape index (κ1) is 17.5. The smallest absolute Gasteiger partial charge is 0.229 e. The third kappa shape index (κ3) is 3.66. The van der Waals surface area contributed by atoms with Crippen LogP contribution in [-0.4, -0.2) is 18.4 Å². The fourth-order valence-corrected chi connectivity index (χ4v) is 4.00. The van der Waals surface area contributed by atoms with Crippen molar-refractivity contribution in [3.8, 4) is 0 Å². The van der Waals surface area contributed by atoms with E-state index < -0.39 is 5.92 Å². The molecule has 1 fully saturated rings. The van der Waals surface area contributed by atoms with Gasteiger partial charge in [0, 0.05) is 21.9 Å². The Kier molecular flexibility index (Phi) is 5.27. The van der Waals surface area contributed by atoms with E-state index in [1.54, 1.807) is 23.1 Å². The number of halogens is 3. The highest BCUT2D eigenvalue weighted by molar-refractivity contribution is 9.11. The first-order valence-corrected chi connectivity index (χ1v) is 9.23. The van der Waals surface area contributed by atoms with Gasteiger partial charge >= 0.3 is 0 Å². The second kappa shape index (κ2) is 7.25. The van der Waals surface area contributed by atoms with Gasteiger partial charge in [0.1, 0.15) is 0 Å². The van der Waals surface area contributed by atoms with Crippen LogP contribution in [0.2, 0.25) is 5.02 Å². The second-order valence-electron chi connectivity index (χ2n) is 5.47. The number of rotatable bonds is 3. The zero-order valence-electron chi connectivity index (χ0n) is 12.4. The van der Waals surface area contributed by atoms with Gasteiger partial charge in [-0.25, -0.2) is 0 Å². The van der Waals surface area contributed by atoms with Crippen LogP contribution in [0.25, 0.3) is 0 Å². The highest BCUT2D eigenvalue weighted by Gasteiger charge is 2.36. The van der Waals surface area contributed by atoms with Crippen LogP contribution in [0.15, 0.2) is 51.4 Å². The lowest BCUT2D eigenvalue weighted by molar-refractivity contribution is -0.122. The molecule has 0 unspecified atom stereocenters. The molecule has 1 heterocycles. The molecule has 1 aliphatic rings. The number of para-hydroxylation sites is 1. The maximum atomic E-state index is 12.5. The standard InChI is InChI=1S/C17H13Br2ClN2O2/c18-11-5-6-14(12(19)8-11)21-17(24)10-7-16(23)22(9-10)15-4-2-1-3-13(15)20/h1-6,8,10H,7,9H2,(H,21,24)/t10-/m1/s1. The Bertz CT molecular complexity index is 813. The van der Waals surface area contributed by atoms with Crippen molar-refractivity contribution in [3.63, 3.8) is 0 Å². The largest absolute Gasteiger partial charge is 0.325 e. The average Bonchev–Trinajstić information content (AvgIpc) is 2.92. The highest BCUT2D eigenvalue weighted by atomic mass is 79.9. The molecule has 0 aliphatic carbocycles. The van der Waals surface area contributed by atoms with Crippen molar-refractivity contribution in [1.29, 1.82) is 0 Å². The van der Waals surface area contributed by atoms with Gasteiger partial charge in [-0.2, -0.15) is 0 Å². The van der Waals surface area contributed by atoms with Gasteiger partial charge in [0.05, 0.1) is 22.3 Å². The maximum absolute atomic E-state index is 12.5. The average molecular weight is 473 g/mol. The first-order valence-electron chi connectivity index (χ1n) is 7.26. The van der Waals surface area contributed by atoms with Gasteiger partial charge in [-0.05, 0) is 46.3 Å². The van der Waals surface area contributed by atoms with E-state index >= 15 is 0 Å². The molecule has 4 nitrogen and oxygen atoms in total. The number of anilines is 2. The summed E-state index contributed by atoms with van der Waals surface area (Å²) in [5, 5.41) is 3.37. The van der Waals surface area contributed by atoms with Gasteiger partial charge < -0.3 is 10.2 Å². The Balaban J connectivity index is 1.73. The Labute approximate surface area is 161 Å². The third-order valence-corrected chi connectivity index (χ3v) is 5.30. The summed E-state index contributed by atoms with van der Waals surface area (Å²) < 4.78 is 1.69. The molecule has 1 N–H and O–H groups in total. The third-order valence-electron chi connectivity index (χ3n) is 3.83. The van der Waals surface area contributed by atoms with Crippen molar-refractivity contribution in [3.05, 3.63) is 56.4 Å². The van der Waals surface area contributed by atoms with E-state index in [1.165, 1.54) is 0 Å². The Hall–Kier alpha value is -1.37. The topological polar surface area (TPSA) is 49.4 Å². The van der Waals surface area contributed by atoms with Gasteiger partial charge in [-0.3, -0.25) is 9.59 Å². The predicted octanol–water partition coefficient (Wildman–Crippen LogP) is 4.86. The summed E-state index contributed by atoms with van der Waals surface area (Å²) in [6.07, 6.45) is 0.172. The Morgan fingerprint density at radius 1 is 1.21 bits per heavy atom. The second-order valence-corrected chi connectivity index (χ2v) is 7.65. The Morgan fingerprint density at radius 2 is 1.96 bits per heavy atom. The predicted molar refractivity (Wildman–Crippen MR) is 102 cm³/mol. The number of nitrogens with zero attached hydrogens (tertiary/aromatic N) is 1. The fourth-order valence-electron chi connectivity index (χ4n) is 2.61. The summed E-state index contributed by atoms with van der Waals surface area (Å²) in [6.45, 7) is 0.322. The molecule has 0 aromatic heterocycles. The molecular formula is C17H13Br2ClN2O2. The van der Waals surface area contributed by atoms with Crippen molar-refractivity contribution in [1.82, 2.24) is 0 Å². The number of amides is 2. The van der Waals surface area contributed by atoms with Crippen molar-refractivity contribution in [2.45, 2.75) is 6.42 Å². The monoisotopic (exact) mass is 470 g/mol. The Morgan fingerprint density at radius 3 is 2.67 bits per heavy atom. The molecule has 0 bridgehead atoms. The van der Waals surface area contributed by atoms with Gasteiger partial charge in [-0.15, -0.1) is 0 Å². The van der Waals surface area contributed by atoms with Crippen molar-refractivity contribution in [2.24, 2.45) is 5.92 Å². The molecule has 0 saturated carbocycles. The van der Waals surface area contributed by atoms with Crippen molar-refractivity contribution >= 4 is 66.6 Å². The van der Waals surface area contributed by atoms with E-state index in [0.717, 1.165) is 8.95 Å². The molecule has 0 spiro atoms. The molecule has 7 heteroatoms. The molecule has 1 aliphatic heterocycles. The zero-order chi connectivity index (χ0) is 17.3. The molecular weight excluding hydrogens is 459 g/mol. The highest BCUT2D eigenvalue weighted by Crippen LogP contribution is 2.32. The van der Waals surface area contributed by atoms with Crippen LogP contribution < -0.4 is 10.2 Å². The molecule has 2 aromatic rings. The van der Waals surface area contributed by atoms with Gasteiger partial charge in [0.15, 0.2) is 0 Å². The summed E-state index contributed by atoms with van der Waals surface area (Å²) in [4.78, 5) is 26.4. The lowest BCUT2D eigenvalue weighted by atomic mass is 10.1. The van der Waals surface area contributed by atoms with E-state index in [0.29, 0.717) is 22.9 Å². The van der Waals surface area contributed by atoms with E-state index in [9.17, 15) is 9.59 Å². The van der Waals surface area contributed by atoms with Gasteiger partial charge in [-0.1, -0.05) is 39.7 Å². The number of carbonyl (C=O) groups is 2. The molecule has 2 amide bonds. The van der Waals surface area contributed by atoms with Crippen LogP contribution in [-0.2, 0) is 9.59 Å². The van der Waals surface area contributed by atoms with Crippen LogP contribution in [0.5, 0.6) is 0 Å². The van der Waals surface area contributed by atoms with E-state index in [2.05, 4.69) is 37.2 Å². The summed E-state index contributed by atoms with van der Waals surface area (Å²) in [5.41, 5.74) is 1.32. The number of nitrogens with one attached hydrogen (secondary N) is 1. The first-order chi connectivity index (χ1) is 11.5. The minimum atomic E-state index is -0.413. The normalized spacial score (nSPS) is 17.2. The number of carbonyl (C=O) groups excluding carboxylic acids is 2. The molecule has 1 atom stereocenters. The molecule has 24 heavy (non-hydrogen) atoms. The maximum Gasteiger partial charge on any atom is 0.229 e. The van der Waals surface area contributed by atoms with Gasteiger partial charge in [0.2, 0.25) is 11.8 Å².